The van der Waals surface area contributed by atoms with Gasteiger partial charge in [0.25, 0.3) is 6.01 Å². The molecule has 0 N–H and O–H groups in total. The van der Waals surface area contributed by atoms with Crippen LogP contribution in [0.2, 0.25) is 0 Å². The normalized spacial score (nSPS) is 18.5. The molecule has 0 aliphatic carbocycles. The third kappa shape index (κ3) is 6.23. The third-order valence-electron chi connectivity index (χ3n) is 7.10. The lowest BCUT2D eigenvalue weighted by atomic mass is 10.0. The second-order valence-electron chi connectivity index (χ2n) is 10.2. The Hall–Kier alpha value is -3.89. The second kappa shape index (κ2) is 11.1. The molecule has 11 heteroatoms. The number of aromatic nitrogens is 2. The van der Waals surface area contributed by atoms with Crippen molar-refractivity contribution >= 4 is 23.5 Å². The molecule has 0 bridgehead atoms. The molecule has 2 aliphatic rings. The molecule has 2 fully saturated rings. The Morgan fingerprint density at radius 2 is 1.85 bits per heavy atom. The highest BCUT2D eigenvalue weighted by Crippen LogP contribution is 2.35. The van der Waals surface area contributed by atoms with Crippen molar-refractivity contribution in [1.82, 2.24) is 14.9 Å². The number of alkyl halides is 3. The number of hydrogen-bond donors (Lipinski definition) is 0. The number of rotatable bonds is 7. The number of ketones is 1. The molecule has 2 saturated heterocycles. The van der Waals surface area contributed by atoms with Crippen LogP contribution in [0.1, 0.15) is 47.1 Å². The lowest BCUT2D eigenvalue weighted by Gasteiger charge is -2.35. The number of benzene rings is 1. The number of piperazine rings is 1. The molecule has 0 spiro atoms. The molecule has 4 heterocycles. The Balaban J connectivity index is 1.24. The van der Waals surface area contributed by atoms with Gasteiger partial charge in [-0.3, -0.25) is 9.59 Å². The molecule has 1 aromatic carbocycles. The first-order chi connectivity index (χ1) is 18.7. The van der Waals surface area contributed by atoms with Crippen LogP contribution in [-0.4, -0.2) is 59.3 Å². The summed E-state index contributed by atoms with van der Waals surface area (Å²) in [6.07, 6.45) is -1.88. The van der Waals surface area contributed by atoms with E-state index >= 15 is 0 Å². The van der Waals surface area contributed by atoms with E-state index in [-0.39, 0.29) is 24.9 Å². The predicted molar refractivity (Wildman–Crippen MR) is 138 cm³/mol. The lowest BCUT2D eigenvalue weighted by molar-refractivity contribution is -0.141. The number of hydrogen-bond acceptors (Lipinski definition) is 7. The number of Topliss-reactive ketones (excluding diaryl/α,β-unsaturated/α-hetero) is 1. The molecule has 5 rings (SSSR count). The van der Waals surface area contributed by atoms with Crippen LogP contribution in [0.5, 0.6) is 0 Å². The highest BCUT2D eigenvalue weighted by Gasteiger charge is 2.42. The molecular weight excluding hydrogens is 511 g/mol. The molecule has 0 saturated carbocycles. The summed E-state index contributed by atoms with van der Waals surface area (Å²) in [6, 6.07) is 12.9. The number of anilines is 2. The molecule has 1 atom stereocenters. The maximum Gasteiger partial charge on any atom is 0.437 e. The maximum absolute atomic E-state index is 13.7. The van der Waals surface area contributed by atoms with E-state index < -0.39 is 23.4 Å². The van der Waals surface area contributed by atoms with Gasteiger partial charge < -0.3 is 19.1 Å². The van der Waals surface area contributed by atoms with E-state index in [2.05, 4.69) is 9.97 Å². The Labute approximate surface area is 224 Å². The molecule has 3 aromatic rings. The predicted octanol–water partition coefficient (Wildman–Crippen LogP) is 4.60. The number of amides is 1. The molecule has 1 amide bonds. The van der Waals surface area contributed by atoms with Crippen LogP contribution < -0.4 is 9.80 Å². The van der Waals surface area contributed by atoms with Crippen molar-refractivity contribution in [2.24, 2.45) is 5.92 Å². The number of halogens is 3. The molecule has 2 aliphatic heterocycles. The SMILES string of the molecule is CC1CCCN(c2nc(C(F)(F)F)c(C(=O)Cc3ccc(N4CCN(Cc5ccccc5)C(=O)C4)nc3)o2)C1. The number of nitrogens with zero attached hydrogens (tertiary/aromatic N) is 5. The van der Waals surface area contributed by atoms with Crippen LogP contribution >= 0.6 is 0 Å². The van der Waals surface area contributed by atoms with Gasteiger partial charge in [-0.2, -0.15) is 18.2 Å². The smallest absolute Gasteiger partial charge is 0.420 e. The molecule has 1 unspecified atom stereocenters. The van der Waals surface area contributed by atoms with Crippen LogP contribution in [0.3, 0.4) is 0 Å². The van der Waals surface area contributed by atoms with E-state index in [9.17, 15) is 22.8 Å². The van der Waals surface area contributed by atoms with E-state index in [0.29, 0.717) is 50.0 Å². The fourth-order valence-electron chi connectivity index (χ4n) is 5.04. The van der Waals surface area contributed by atoms with Gasteiger partial charge in [-0.05, 0) is 36.0 Å². The summed E-state index contributed by atoms with van der Waals surface area (Å²) in [5, 5.41) is 0. The van der Waals surface area contributed by atoms with Crippen molar-refractivity contribution in [3.8, 4) is 0 Å². The monoisotopic (exact) mass is 541 g/mol. The van der Waals surface area contributed by atoms with Gasteiger partial charge in [-0.1, -0.05) is 43.3 Å². The summed E-state index contributed by atoms with van der Waals surface area (Å²) in [6.45, 7) is 4.92. The number of piperidine rings is 1. The molecule has 0 radical (unpaired) electrons. The summed E-state index contributed by atoms with van der Waals surface area (Å²) in [7, 11) is 0. The fraction of sp³-hybridized carbons (Fsp3) is 0.429. The first-order valence-electron chi connectivity index (χ1n) is 13.0. The Kier molecular flexibility index (Phi) is 7.58. The van der Waals surface area contributed by atoms with E-state index in [1.54, 1.807) is 21.9 Å². The van der Waals surface area contributed by atoms with Crippen LogP contribution in [0.25, 0.3) is 0 Å². The minimum atomic E-state index is -4.81. The van der Waals surface area contributed by atoms with Crippen molar-refractivity contribution < 1.29 is 27.2 Å². The average molecular weight is 542 g/mol. The van der Waals surface area contributed by atoms with E-state index in [1.165, 1.54) is 6.20 Å². The van der Waals surface area contributed by atoms with Crippen molar-refractivity contribution in [2.45, 2.75) is 38.9 Å². The maximum atomic E-state index is 13.7. The fourth-order valence-corrected chi connectivity index (χ4v) is 5.04. The summed E-state index contributed by atoms with van der Waals surface area (Å²) in [4.78, 5) is 39.0. The van der Waals surface area contributed by atoms with Crippen LogP contribution in [-0.2, 0) is 23.9 Å². The zero-order valence-corrected chi connectivity index (χ0v) is 21.7. The van der Waals surface area contributed by atoms with Crippen molar-refractivity contribution in [2.75, 3.05) is 42.5 Å². The first kappa shape index (κ1) is 26.7. The molecule has 39 heavy (non-hydrogen) atoms. The molecule has 2 aromatic heterocycles. The number of pyridine rings is 1. The van der Waals surface area contributed by atoms with Crippen LogP contribution in [0.4, 0.5) is 25.0 Å². The minimum Gasteiger partial charge on any atom is -0.420 e. The third-order valence-corrected chi connectivity index (χ3v) is 7.10. The van der Waals surface area contributed by atoms with Gasteiger partial charge in [0.15, 0.2) is 5.69 Å². The standard InChI is InChI=1S/C28H30F3N5O3/c1-19-6-5-11-36(16-19)27-33-26(28(29,30)31)25(39-27)22(37)14-21-9-10-23(32-15-21)34-12-13-35(24(38)18-34)17-20-7-3-2-4-8-20/h2-4,7-10,15,19H,5-6,11-14,16-18H2,1H3. The largest absolute Gasteiger partial charge is 0.437 e. The highest BCUT2D eigenvalue weighted by molar-refractivity contribution is 5.96. The summed E-state index contributed by atoms with van der Waals surface area (Å²) >= 11 is 0. The lowest BCUT2D eigenvalue weighted by Crippen LogP contribution is -2.50. The van der Waals surface area contributed by atoms with Gasteiger partial charge in [-0.25, -0.2) is 4.98 Å². The van der Waals surface area contributed by atoms with E-state index in [1.807, 2.05) is 42.2 Å². The van der Waals surface area contributed by atoms with Crippen molar-refractivity contribution in [3.63, 3.8) is 0 Å². The highest BCUT2D eigenvalue weighted by atomic mass is 19.4. The Morgan fingerprint density at radius 1 is 1.05 bits per heavy atom. The summed E-state index contributed by atoms with van der Waals surface area (Å²) in [5.74, 6) is -0.748. The van der Waals surface area contributed by atoms with Crippen LogP contribution in [0.15, 0.2) is 53.1 Å². The zero-order chi connectivity index (χ0) is 27.6. The van der Waals surface area contributed by atoms with Gasteiger partial charge in [0.05, 0.1) is 6.54 Å². The van der Waals surface area contributed by atoms with E-state index in [0.717, 1.165) is 18.4 Å². The van der Waals surface area contributed by atoms with Gasteiger partial charge >= 0.3 is 6.18 Å². The van der Waals surface area contributed by atoms with Crippen molar-refractivity contribution in [3.05, 3.63) is 71.2 Å². The molecule has 8 nitrogen and oxygen atoms in total. The summed E-state index contributed by atoms with van der Waals surface area (Å²) < 4.78 is 46.5. The first-order valence-corrected chi connectivity index (χ1v) is 13.0. The summed E-state index contributed by atoms with van der Waals surface area (Å²) in [5.41, 5.74) is 0.206. The molecule has 206 valence electrons. The minimum absolute atomic E-state index is 0.0185. The Morgan fingerprint density at radius 3 is 2.51 bits per heavy atom. The zero-order valence-electron chi connectivity index (χ0n) is 21.7. The van der Waals surface area contributed by atoms with Gasteiger partial charge in [0.1, 0.15) is 5.82 Å². The van der Waals surface area contributed by atoms with Crippen LogP contribution in [0, 0.1) is 5.92 Å². The average Bonchev–Trinajstić information content (AvgIpc) is 3.38. The van der Waals surface area contributed by atoms with Gasteiger partial charge in [0.2, 0.25) is 17.5 Å². The van der Waals surface area contributed by atoms with Crippen molar-refractivity contribution in [1.29, 1.82) is 0 Å². The van der Waals surface area contributed by atoms with E-state index in [4.69, 9.17) is 4.42 Å². The molecular formula is C28H30F3N5O3. The topological polar surface area (TPSA) is 82.8 Å². The second-order valence-corrected chi connectivity index (χ2v) is 10.2. The Bertz CT molecular complexity index is 1310. The van der Waals surface area contributed by atoms with Gasteiger partial charge in [0, 0.05) is 45.3 Å². The van der Waals surface area contributed by atoms with Gasteiger partial charge in [-0.15, -0.1) is 0 Å². The quantitative estimate of drug-likeness (QED) is 0.405. The number of carbonyl (C=O) groups excluding carboxylic acids is 2. The number of oxazole rings is 1. The number of carbonyl (C=O) groups is 2.